The first-order valence-corrected chi connectivity index (χ1v) is 6.02. The minimum atomic E-state index is 0.451. The zero-order valence-electron chi connectivity index (χ0n) is 10.0. The van der Waals surface area contributed by atoms with Crippen LogP contribution < -0.4 is 5.73 Å². The summed E-state index contributed by atoms with van der Waals surface area (Å²) in [6, 6.07) is 4.17. The predicted octanol–water partition coefficient (Wildman–Crippen LogP) is 1.29. The van der Waals surface area contributed by atoms with E-state index in [9.17, 15) is 0 Å². The van der Waals surface area contributed by atoms with Gasteiger partial charge in [-0.15, -0.1) is 0 Å². The van der Waals surface area contributed by atoms with Gasteiger partial charge in [0.1, 0.15) is 0 Å². The molecule has 0 atom stereocenters. The van der Waals surface area contributed by atoms with Gasteiger partial charge in [-0.1, -0.05) is 0 Å². The maximum atomic E-state index is 5.79. The van der Waals surface area contributed by atoms with Gasteiger partial charge in [0.2, 0.25) is 0 Å². The van der Waals surface area contributed by atoms with Crippen molar-refractivity contribution in [3.63, 3.8) is 0 Å². The standard InChI is InChI=1S/C13H21N3/c1-16(11-13(10-14)5-6-13)9-4-12-2-7-15-8-3-12/h2-3,7-8H,4-6,9-11,14H2,1H3. The molecule has 0 saturated heterocycles. The van der Waals surface area contributed by atoms with E-state index in [2.05, 4.69) is 29.1 Å². The van der Waals surface area contributed by atoms with Crippen molar-refractivity contribution in [1.29, 1.82) is 0 Å². The highest BCUT2D eigenvalue weighted by Crippen LogP contribution is 2.44. The Morgan fingerprint density at radius 2 is 2.06 bits per heavy atom. The fourth-order valence-corrected chi connectivity index (χ4v) is 2.12. The largest absolute Gasteiger partial charge is 0.330 e. The number of hydrogen-bond donors (Lipinski definition) is 1. The van der Waals surface area contributed by atoms with Gasteiger partial charge in [0, 0.05) is 25.5 Å². The Morgan fingerprint density at radius 3 is 2.62 bits per heavy atom. The van der Waals surface area contributed by atoms with Gasteiger partial charge >= 0.3 is 0 Å². The first kappa shape index (κ1) is 11.6. The molecule has 3 nitrogen and oxygen atoms in total. The van der Waals surface area contributed by atoms with Gasteiger partial charge in [-0.05, 0) is 56.0 Å². The van der Waals surface area contributed by atoms with Crippen LogP contribution in [0.1, 0.15) is 18.4 Å². The van der Waals surface area contributed by atoms with Gasteiger partial charge in [0.25, 0.3) is 0 Å². The van der Waals surface area contributed by atoms with Crippen LogP contribution in [0.4, 0.5) is 0 Å². The van der Waals surface area contributed by atoms with Crippen LogP contribution in [0.15, 0.2) is 24.5 Å². The van der Waals surface area contributed by atoms with Gasteiger partial charge in [-0.2, -0.15) is 0 Å². The lowest BCUT2D eigenvalue weighted by Gasteiger charge is -2.22. The average molecular weight is 219 g/mol. The number of pyridine rings is 1. The summed E-state index contributed by atoms with van der Waals surface area (Å²) in [4.78, 5) is 6.43. The summed E-state index contributed by atoms with van der Waals surface area (Å²) in [5.41, 5.74) is 7.60. The van der Waals surface area contributed by atoms with Gasteiger partial charge < -0.3 is 10.6 Å². The molecular weight excluding hydrogens is 198 g/mol. The van der Waals surface area contributed by atoms with Gasteiger partial charge in [0.15, 0.2) is 0 Å². The molecule has 1 fully saturated rings. The van der Waals surface area contributed by atoms with Crippen molar-refractivity contribution in [2.24, 2.45) is 11.1 Å². The maximum absolute atomic E-state index is 5.79. The summed E-state index contributed by atoms with van der Waals surface area (Å²) in [5.74, 6) is 0. The highest BCUT2D eigenvalue weighted by atomic mass is 15.1. The Labute approximate surface area is 97.7 Å². The third-order valence-electron chi connectivity index (χ3n) is 3.53. The third kappa shape index (κ3) is 3.03. The molecule has 0 spiro atoms. The zero-order chi connectivity index (χ0) is 11.4. The number of rotatable bonds is 6. The molecule has 1 aliphatic rings. The highest BCUT2D eigenvalue weighted by molar-refractivity contribution is 5.10. The first-order valence-electron chi connectivity index (χ1n) is 6.02. The Balaban J connectivity index is 1.74. The highest BCUT2D eigenvalue weighted by Gasteiger charge is 2.41. The molecule has 0 aromatic carbocycles. The molecule has 0 bridgehead atoms. The zero-order valence-corrected chi connectivity index (χ0v) is 10.0. The van der Waals surface area contributed by atoms with Crippen LogP contribution in [-0.4, -0.2) is 36.6 Å². The van der Waals surface area contributed by atoms with E-state index < -0.39 is 0 Å². The number of likely N-dealkylation sites (N-methyl/N-ethyl adjacent to an activating group) is 1. The normalized spacial score (nSPS) is 17.7. The minimum absolute atomic E-state index is 0.451. The van der Waals surface area contributed by atoms with Crippen LogP contribution in [-0.2, 0) is 6.42 Å². The minimum Gasteiger partial charge on any atom is -0.330 e. The molecule has 2 N–H and O–H groups in total. The quantitative estimate of drug-likeness (QED) is 0.784. The average Bonchev–Trinajstić information content (AvgIpc) is 3.08. The summed E-state index contributed by atoms with van der Waals surface area (Å²) < 4.78 is 0. The van der Waals surface area contributed by atoms with E-state index in [0.29, 0.717) is 5.41 Å². The molecule has 88 valence electrons. The molecule has 0 aliphatic heterocycles. The van der Waals surface area contributed by atoms with E-state index in [0.717, 1.165) is 26.1 Å². The second kappa shape index (κ2) is 4.93. The summed E-state index contributed by atoms with van der Waals surface area (Å²) in [5, 5.41) is 0. The summed E-state index contributed by atoms with van der Waals surface area (Å²) >= 11 is 0. The topological polar surface area (TPSA) is 42.2 Å². The Bertz CT molecular complexity index is 319. The van der Waals surface area contributed by atoms with Crippen molar-refractivity contribution in [2.45, 2.75) is 19.3 Å². The van der Waals surface area contributed by atoms with Crippen molar-refractivity contribution in [3.05, 3.63) is 30.1 Å². The second-order valence-corrected chi connectivity index (χ2v) is 5.05. The molecule has 0 radical (unpaired) electrons. The SMILES string of the molecule is CN(CCc1ccncc1)CC1(CN)CC1. The number of hydrogen-bond acceptors (Lipinski definition) is 3. The van der Waals surface area contributed by atoms with E-state index >= 15 is 0 Å². The molecule has 16 heavy (non-hydrogen) atoms. The molecule has 1 aromatic heterocycles. The Morgan fingerprint density at radius 1 is 1.38 bits per heavy atom. The van der Waals surface area contributed by atoms with Crippen molar-refractivity contribution in [1.82, 2.24) is 9.88 Å². The van der Waals surface area contributed by atoms with Crippen LogP contribution in [0.2, 0.25) is 0 Å². The molecule has 0 unspecified atom stereocenters. The third-order valence-corrected chi connectivity index (χ3v) is 3.53. The lowest BCUT2D eigenvalue weighted by atomic mass is 10.1. The maximum Gasteiger partial charge on any atom is 0.0270 e. The Kier molecular flexibility index (Phi) is 3.56. The van der Waals surface area contributed by atoms with E-state index in [1.807, 2.05) is 12.4 Å². The fourth-order valence-electron chi connectivity index (χ4n) is 2.12. The number of nitrogens with zero attached hydrogens (tertiary/aromatic N) is 2. The molecule has 3 heteroatoms. The number of aromatic nitrogens is 1. The molecule has 1 saturated carbocycles. The van der Waals surface area contributed by atoms with Crippen molar-refractivity contribution >= 4 is 0 Å². The van der Waals surface area contributed by atoms with Crippen LogP contribution in [0.3, 0.4) is 0 Å². The van der Waals surface area contributed by atoms with E-state index in [1.165, 1.54) is 18.4 Å². The first-order chi connectivity index (χ1) is 7.74. The molecular formula is C13H21N3. The summed E-state index contributed by atoms with van der Waals surface area (Å²) in [6.45, 7) is 3.09. The molecule has 1 heterocycles. The smallest absolute Gasteiger partial charge is 0.0270 e. The van der Waals surface area contributed by atoms with Crippen LogP contribution in [0.25, 0.3) is 0 Å². The molecule has 0 amide bonds. The molecule has 2 rings (SSSR count). The van der Waals surface area contributed by atoms with Crippen LogP contribution in [0, 0.1) is 5.41 Å². The van der Waals surface area contributed by atoms with E-state index in [-0.39, 0.29) is 0 Å². The van der Waals surface area contributed by atoms with Crippen molar-refractivity contribution in [2.75, 3.05) is 26.7 Å². The second-order valence-electron chi connectivity index (χ2n) is 5.05. The lowest BCUT2D eigenvalue weighted by molar-refractivity contribution is 0.269. The molecule has 1 aliphatic carbocycles. The van der Waals surface area contributed by atoms with Crippen LogP contribution >= 0.6 is 0 Å². The van der Waals surface area contributed by atoms with Gasteiger partial charge in [-0.3, -0.25) is 4.98 Å². The molecule has 1 aromatic rings. The lowest BCUT2D eigenvalue weighted by Crippen LogP contribution is -2.32. The van der Waals surface area contributed by atoms with Crippen molar-refractivity contribution in [3.8, 4) is 0 Å². The Hall–Kier alpha value is -0.930. The summed E-state index contributed by atoms with van der Waals surface area (Å²) in [6.07, 6.45) is 7.43. The summed E-state index contributed by atoms with van der Waals surface area (Å²) in [7, 11) is 2.19. The van der Waals surface area contributed by atoms with E-state index in [4.69, 9.17) is 5.73 Å². The number of nitrogens with two attached hydrogens (primary N) is 1. The van der Waals surface area contributed by atoms with Crippen LogP contribution in [0.5, 0.6) is 0 Å². The van der Waals surface area contributed by atoms with Gasteiger partial charge in [0.05, 0.1) is 0 Å². The monoisotopic (exact) mass is 219 g/mol. The van der Waals surface area contributed by atoms with Crippen molar-refractivity contribution < 1.29 is 0 Å². The van der Waals surface area contributed by atoms with Gasteiger partial charge in [-0.25, -0.2) is 0 Å². The predicted molar refractivity (Wildman–Crippen MR) is 66.2 cm³/mol. The van der Waals surface area contributed by atoms with E-state index in [1.54, 1.807) is 0 Å². The fraction of sp³-hybridized carbons (Fsp3) is 0.615.